The summed E-state index contributed by atoms with van der Waals surface area (Å²) in [7, 11) is 0. The number of carboxylic acids is 1. The molecule has 0 bridgehead atoms. The van der Waals surface area contributed by atoms with Crippen molar-refractivity contribution in [3.63, 3.8) is 0 Å². The number of carboxylic acid groups (broad SMARTS) is 1. The quantitative estimate of drug-likeness (QED) is 0.814. The molecule has 0 aliphatic carbocycles. The topological polar surface area (TPSA) is 79.3 Å². The van der Waals surface area contributed by atoms with E-state index in [1.165, 1.54) is 12.1 Å². The molecular weight excluding hydrogens is 287 g/mol. The molecule has 8 heteroatoms. The number of aliphatic carboxylic acids is 1. The first-order valence-corrected chi connectivity index (χ1v) is 6.31. The summed E-state index contributed by atoms with van der Waals surface area (Å²) in [6.07, 6.45) is 0. The van der Waals surface area contributed by atoms with Crippen LogP contribution in [0.3, 0.4) is 0 Å². The number of hydrogen-bond acceptors (Lipinski definition) is 4. The molecule has 1 aromatic rings. The normalized spacial score (nSPS) is 10.0. The number of pyridine rings is 1. The molecule has 92 valence electrons. The van der Waals surface area contributed by atoms with Crippen molar-refractivity contribution < 1.29 is 14.7 Å². The number of anilines is 1. The van der Waals surface area contributed by atoms with Crippen molar-refractivity contribution >= 4 is 52.5 Å². The van der Waals surface area contributed by atoms with Gasteiger partial charge in [-0.2, -0.15) is 0 Å². The minimum Gasteiger partial charge on any atom is -0.481 e. The highest BCUT2D eigenvalue weighted by atomic mass is 35.5. The molecule has 0 aliphatic rings. The van der Waals surface area contributed by atoms with Gasteiger partial charge in [0.1, 0.15) is 5.15 Å². The third kappa shape index (κ3) is 5.25. The predicted molar refractivity (Wildman–Crippen MR) is 67.8 cm³/mol. The van der Waals surface area contributed by atoms with Crippen molar-refractivity contribution in [1.82, 2.24) is 4.98 Å². The van der Waals surface area contributed by atoms with Gasteiger partial charge in [0.05, 0.1) is 17.2 Å². The molecule has 1 heterocycles. The molecule has 0 spiro atoms. The maximum Gasteiger partial charge on any atom is 0.313 e. The van der Waals surface area contributed by atoms with Crippen molar-refractivity contribution in [3.05, 3.63) is 22.4 Å². The Morgan fingerprint density at radius 3 is 2.65 bits per heavy atom. The number of rotatable bonds is 5. The number of hydrogen-bond donors (Lipinski definition) is 2. The molecule has 2 N–H and O–H groups in total. The van der Waals surface area contributed by atoms with E-state index in [0.717, 1.165) is 11.8 Å². The number of nitrogens with one attached hydrogen (secondary N) is 1. The van der Waals surface area contributed by atoms with E-state index in [0.29, 0.717) is 5.69 Å². The maximum atomic E-state index is 11.4. The van der Waals surface area contributed by atoms with Crippen LogP contribution in [0.4, 0.5) is 5.69 Å². The molecule has 1 amide bonds. The Morgan fingerprint density at radius 2 is 2.06 bits per heavy atom. The van der Waals surface area contributed by atoms with Gasteiger partial charge >= 0.3 is 5.97 Å². The highest BCUT2D eigenvalue weighted by Crippen LogP contribution is 2.21. The first-order valence-electron chi connectivity index (χ1n) is 4.40. The van der Waals surface area contributed by atoms with Crippen LogP contribution in [0, 0.1) is 0 Å². The van der Waals surface area contributed by atoms with E-state index in [9.17, 15) is 9.59 Å². The van der Waals surface area contributed by atoms with Gasteiger partial charge in [0.25, 0.3) is 0 Å². The van der Waals surface area contributed by atoms with Crippen LogP contribution in [0.25, 0.3) is 0 Å². The second kappa shape index (κ2) is 6.68. The summed E-state index contributed by atoms with van der Waals surface area (Å²) in [5.41, 5.74) is 0.344. The molecule has 0 aromatic carbocycles. The third-order valence-electron chi connectivity index (χ3n) is 1.55. The van der Waals surface area contributed by atoms with Crippen molar-refractivity contribution in [2.45, 2.75) is 0 Å². The minimum atomic E-state index is -0.964. The van der Waals surface area contributed by atoms with Gasteiger partial charge < -0.3 is 10.4 Å². The van der Waals surface area contributed by atoms with E-state index < -0.39 is 5.97 Å². The van der Waals surface area contributed by atoms with Gasteiger partial charge in [0.2, 0.25) is 5.91 Å². The Balaban J connectivity index is 2.48. The molecule has 0 unspecified atom stereocenters. The predicted octanol–water partition coefficient (Wildman–Crippen LogP) is 2.14. The van der Waals surface area contributed by atoms with E-state index in [1.54, 1.807) is 0 Å². The largest absolute Gasteiger partial charge is 0.481 e. The second-order valence-electron chi connectivity index (χ2n) is 2.91. The highest BCUT2D eigenvalue weighted by molar-refractivity contribution is 8.00. The summed E-state index contributed by atoms with van der Waals surface area (Å²) < 4.78 is 0. The molecule has 0 atom stereocenters. The van der Waals surface area contributed by atoms with E-state index in [1.807, 2.05) is 0 Å². The van der Waals surface area contributed by atoms with Crippen LogP contribution in [0.1, 0.15) is 0 Å². The van der Waals surface area contributed by atoms with E-state index in [4.69, 9.17) is 28.3 Å². The van der Waals surface area contributed by atoms with Gasteiger partial charge in [-0.25, -0.2) is 4.98 Å². The molecule has 0 radical (unpaired) electrons. The van der Waals surface area contributed by atoms with Gasteiger partial charge in [0, 0.05) is 0 Å². The van der Waals surface area contributed by atoms with Gasteiger partial charge in [-0.1, -0.05) is 23.2 Å². The average Bonchev–Trinajstić information content (AvgIpc) is 2.21. The standard InChI is InChI=1S/C9H8Cl2N2O3S/c10-6-2-1-5(9(11)13-6)12-7(14)3-17-4-8(15)16/h1-2H,3-4H2,(H,12,14)(H,15,16). The van der Waals surface area contributed by atoms with E-state index >= 15 is 0 Å². The fourth-order valence-electron chi connectivity index (χ4n) is 0.923. The number of thioether (sulfide) groups is 1. The van der Waals surface area contributed by atoms with Gasteiger partial charge in [-0.05, 0) is 12.1 Å². The van der Waals surface area contributed by atoms with Crippen molar-refractivity contribution in [2.75, 3.05) is 16.8 Å². The van der Waals surface area contributed by atoms with Crippen LogP contribution < -0.4 is 5.32 Å². The lowest BCUT2D eigenvalue weighted by atomic mass is 10.4. The summed E-state index contributed by atoms with van der Waals surface area (Å²) in [6.45, 7) is 0. The second-order valence-corrected chi connectivity index (χ2v) is 4.64. The Morgan fingerprint density at radius 1 is 1.35 bits per heavy atom. The summed E-state index contributed by atoms with van der Waals surface area (Å²) in [5, 5.41) is 11.2. The monoisotopic (exact) mass is 294 g/mol. The molecular formula is C9H8Cl2N2O3S. The molecule has 17 heavy (non-hydrogen) atoms. The highest BCUT2D eigenvalue weighted by Gasteiger charge is 2.08. The first-order chi connectivity index (χ1) is 7.99. The molecule has 5 nitrogen and oxygen atoms in total. The fraction of sp³-hybridized carbons (Fsp3) is 0.222. The smallest absolute Gasteiger partial charge is 0.313 e. The summed E-state index contributed by atoms with van der Waals surface area (Å²) in [5.74, 6) is -1.40. The van der Waals surface area contributed by atoms with Crippen molar-refractivity contribution in [1.29, 1.82) is 0 Å². The zero-order chi connectivity index (χ0) is 12.8. The summed E-state index contributed by atoms with van der Waals surface area (Å²) in [6, 6.07) is 3.02. The van der Waals surface area contributed by atoms with Crippen LogP contribution >= 0.6 is 35.0 Å². The third-order valence-corrected chi connectivity index (χ3v) is 2.96. The number of halogens is 2. The summed E-state index contributed by atoms with van der Waals surface area (Å²) in [4.78, 5) is 25.4. The Labute approximate surface area is 112 Å². The Bertz CT molecular complexity index is 442. The zero-order valence-electron chi connectivity index (χ0n) is 8.44. The lowest BCUT2D eigenvalue weighted by Crippen LogP contribution is -2.15. The van der Waals surface area contributed by atoms with Crippen LogP contribution in [-0.2, 0) is 9.59 Å². The Kier molecular flexibility index (Phi) is 5.54. The van der Waals surface area contributed by atoms with Gasteiger partial charge in [0.15, 0.2) is 5.15 Å². The molecule has 0 saturated carbocycles. The number of carbonyl (C=O) groups is 2. The van der Waals surface area contributed by atoms with Gasteiger partial charge in [-0.15, -0.1) is 11.8 Å². The van der Waals surface area contributed by atoms with Gasteiger partial charge in [-0.3, -0.25) is 9.59 Å². The number of nitrogens with zero attached hydrogens (tertiary/aromatic N) is 1. The van der Waals surface area contributed by atoms with E-state index in [2.05, 4.69) is 10.3 Å². The Hall–Kier alpha value is -0.980. The molecule has 0 aliphatic heterocycles. The first kappa shape index (κ1) is 14.1. The van der Waals surface area contributed by atoms with Crippen LogP contribution in [0.5, 0.6) is 0 Å². The van der Waals surface area contributed by atoms with Crippen molar-refractivity contribution in [3.8, 4) is 0 Å². The van der Waals surface area contributed by atoms with Crippen LogP contribution in [0.15, 0.2) is 12.1 Å². The lowest BCUT2D eigenvalue weighted by molar-refractivity contribution is -0.133. The zero-order valence-corrected chi connectivity index (χ0v) is 10.8. The number of aromatic nitrogens is 1. The van der Waals surface area contributed by atoms with Crippen LogP contribution in [0.2, 0.25) is 10.3 Å². The fourth-order valence-corrected chi connectivity index (χ4v) is 1.85. The van der Waals surface area contributed by atoms with Crippen LogP contribution in [-0.4, -0.2) is 33.5 Å². The molecule has 1 aromatic heterocycles. The molecule has 0 fully saturated rings. The minimum absolute atomic E-state index is 0.0330. The van der Waals surface area contributed by atoms with Crippen molar-refractivity contribution in [2.24, 2.45) is 0 Å². The average molecular weight is 295 g/mol. The van der Waals surface area contributed by atoms with E-state index in [-0.39, 0.29) is 27.7 Å². The lowest BCUT2D eigenvalue weighted by Gasteiger charge is -2.05. The molecule has 0 saturated heterocycles. The maximum absolute atomic E-state index is 11.4. The number of carbonyl (C=O) groups excluding carboxylic acids is 1. The SMILES string of the molecule is O=C(O)CSCC(=O)Nc1ccc(Cl)nc1Cl. The summed E-state index contributed by atoms with van der Waals surface area (Å²) >= 11 is 12.3. The number of amides is 1. The molecule has 1 rings (SSSR count).